The second-order valence-corrected chi connectivity index (χ2v) is 4.74. The van der Waals surface area contributed by atoms with Gasteiger partial charge in [-0.2, -0.15) is 0 Å². The number of hydrogen-bond acceptors (Lipinski definition) is 3. The van der Waals surface area contributed by atoms with E-state index in [9.17, 15) is 0 Å². The van der Waals surface area contributed by atoms with Gasteiger partial charge in [0, 0.05) is 12.6 Å². The standard InChI is InChI=1S/C16H25N3/c1-5-10-17-14(4)16-9-8-15(13-18-16)19(11-6-2)12-7-3/h2,8-9,13-14,17H,5,7,10-12H2,1,3-4H3. The largest absolute Gasteiger partial charge is 0.359 e. The topological polar surface area (TPSA) is 28.2 Å². The van der Waals surface area contributed by atoms with Crippen LogP contribution in [0.4, 0.5) is 5.69 Å². The highest BCUT2D eigenvalue weighted by Gasteiger charge is 2.08. The Morgan fingerprint density at radius 1 is 1.37 bits per heavy atom. The fourth-order valence-electron chi connectivity index (χ4n) is 1.99. The summed E-state index contributed by atoms with van der Waals surface area (Å²) in [6.07, 6.45) is 9.55. The van der Waals surface area contributed by atoms with Gasteiger partial charge in [0.1, 0.15) is 0 Å². The molecule has 0 saturated heterocycles. The number of aromatic nitrogens is 1. The Kier molecular flexibility index (Phi) is 6.99. The Balaban J connectivity index is 2.71. The van der Waals surface area contributed by atoms with Crippen molar-refractivity contribution < 1.29 is 0 Å². The summed E-state index contributed by atoms with van der Waals surface area (Å²) in [5.74, 6) is 2.70. The highest BCUT2D eigenvalue weighted by molar-refractivity contribution is 5.46. The third-order valence-corrected chi connectivity index (χ3v) is 3.06. The minimum atomic E-state index is 0.293. The summed E-state index contributed by atoms with van der Waals surface area (Å²) in [6, 6.07) is 4.49. The van der Waals surface area contributed by atoms with Crippen molar-refractivity contribution in [3.8, 4) is 12.3 Å². The van der Waals surface area contributed by atoms with E-state index < -0.39 is 0 Å². The first-order valence-corrected chi connectivity index (χ1v) is 7.10. The highest BCUT2D eigenvalue weighted by Crippen LogP contribution is 2.16. The van der Waals surface area contributed by atoms with E-state index >= 15 is 0 Å². The van der Waals surface area contributed by atoms with E-state index in [0.717, 1.165) is 37.3 Å². The van der Waals surface area contributed by atoms with Crippen LogP contribution in [0.1, 0.15) is 45.3 Å². The van der Waals surface area contributed by atoms with Gasteiger partial charge in [-0.1, -0.05) is 19.8 Å². The van der Waals surface area contributed by atoms with Crippen molar-refractivity contribution in [2.75, 3.05) is 24.5 Å². The molecule has 19 heavy (non-hydrogen) atoms. The molecule has 1 aromatic heterocycles. The molecular weight excluding hydrogens is 234 g/mol. The smallest absolute Gasteiger partial charge is 0.0792 e. The summed E-state index contributed by atoms with van der Waals surface area (Å²) in [6.45, 7) is 9.08. The van der Waals surface area contributed by atoms with Gasteiger partial charge in [0.2, 0.25) is 0 Å². The third-order valence-electron chi connectivity index (χ3n) is 3.06. The number of nitrogens with one attached hydrogen (secondary N) is 1. The summed E-state index contributed by atoms with van der Waals surface area (Å²) >= 11 is 0. The molecule has 0 aliphatic carbocycles. The van der Waals surface area contributed by atoms with Crippen molar-refractivity contribution in [1.82, 2.24) is 10.3 Å². The zero-order valence-corrected chi connectivity index (χ0v) is 12.3. The quantitative estimate of drug-likeness (QED) is 0.727. The van der Waals surface area contributed by atoms with Crippen molar-refractivity contribution in [3.05, 3.63) is 24.0 Å². The molecule has 0 amide bonds. The number of rotatable bonds is 8. The van der Waals surface area contributed by atoms with Crippen LogP contribution in [0.2, 0.25) is 0 Å². The van der Waals surface area contributed by atoms with E-state index in [1.807, 2.05) is 6.20 Å². The molecule has 1 N–H and O–H groups in total. The van der Waals surface area contributed by atoms with E-state index in [1.165, 1.54) is 0 Å². The first-order valence-electron chi connectivity index (χ1n) is 7.10. The van der Waals surface area contributed by atoms with Gasteiger partial charge in [0.15, 0.2) is 0 Å². The fourth-order valence-corrected chi connectivity index (χ4v) is 1.99. The SMILES string of the molecule is C#CCN(CCC)c1ccc(C(C)NCCC)nc1. The molecule has 0 fully saturated rings. The highest BCUT2D eigenvalue weighted by atomic mass is 15.1. The molecule has 1 heterocycles. The third kappa shape index (κ3) is 4.92. The lowest BCUT2D eigenvalue weighted by Crippen LogP contribution is -2.25. The molecule has 1 rings (SSSR count). The van der Waals surface area contributed by atoms with Gasteiger partial charge < -0.3 is 10.2 Å². The molecule has 0 aliphatic heterocycles. The van der Waals surface area contributed by atoms with Crippen LogP contribution < -0.4 is 10.2 Å². The van der Waals surface area contributed by atoms with Crippen molar-refractivity contribution in [3.63, 3.8) is 0 Å². The molecule has 0 radical (unpaired) electrons. The average molecular weight is 259 g/mol. The molecule has 0 aliphatic rings. The lowest BCUT2D eigenvalue weighted by molar-refractivity contribution is 0.558. The first kappa shape index (κ1) is 15.5. The number of pyridine rings is 1. The van der Waals surface area contributed by atoms with E-state index in [0.29, 0.717) is 12.6 Å². The lowest BCUT2D eigenvalue weighted by atomic mass is 10.2. The first-order chi connectivity index (χ1) is 9.22. The van der Waals surface area contributed by atoms with Gasteiger partial charge in [0.25, 0.3) is 0 Å². The van der Waals surface area contributed by atoms with E-state index in [-0.39, 0.29) is 0 Å². The minimum Gasteiger partial charge on any atom is -0.359 e. The summed E-state index contributed by atoms with van der Waals surface area (Å²) in [5.41, 5.74) is 2.18. The fraction of sp³-hybridized carbons (Fsp3) is 0.562. The Bertz CT molecular complexity index is 391. The number of anilines is 1. The monoisotopic (exact) mass is 259 g/mol. The van der Waals surface area contributed by atoms with Crippen LogP contribution in [0, 0.1) is 12.3 Å². The molecule has 1 atom stereocenters. The molecule has 0 bridgehead atoms. The molecule has 3 heteroatoms. The van der Waals surface area contributed by atoms with E-state index in [2.05, 4.69) is 54.0 Å². The maximum absolute atomic E-state index is 5.41. The van der Waals surface area contributed by atoms with Gasteiger partial charge in [-0.05, 0) is 38.4 Å². The zero-order valence-electron chi connectivity index (χ0n) is 12.3. The number of hydrogen-bond donors (Lipinski definition) is 1. The van der Waals surface area contributed by atoms with Crippen molar-refractivity contribution in [2.24, 2.45) is 0 Å². The van der Waals surface area contributed by atoms with Crippen LogP contribution in [-0.4, -0.2) is 24.6 Å². The van der Waals surface area contributed by atoms with Crippen molar-refractivity contribution in [2.45, 2.75) is 39.7 Å². The van der Waals surface area contributed by atoms with Gasteiger partial charge in [-0.15, -0.1) is 6.42 Å². The van der Waals surface area contributed by atoms with Crippen LogP contribution in [0.25, 0.3) is 0 Å². The summed E-state index contributed by atoms with van der Waals surface area (Å²) < 4.78 is 0. The van der Waals surface area contributed by atoms with E-state index in [1.54, 1.807) is 0 Å². The number of terminal acetylenes is 1. The Morgan fingerprint density at radius 3 is 2.68 bits per heavy atom. The van der Waals surface area contributed by atoms with Crippen LogP contribution in [0.3, 0.4) is 0 Å². The molecule has 0 saturated carbocycles. The second-order valence-electron chi connectivity index (χ2n) is 4.74. The van der Waals surface area contributed by atoms with Crippen LogP contribution in [0.15, 0.2) is 18.3 Å². The molecule has 1 aromatic rings. The van der Waals surface area contributed by atoms with Gasteiger partial charge in [-0.25, -0.2) is 0 Å². The Hall–Kier alpha value is -1.53. The minimum absolute atomic E-state index is 0.293. The molecule has 0 spiro atoms. The van der Waals surface area contributed by atoms with Gasteiger partial charge >= 0.3 is 0 Å². The molecule has 104 valence electrons. The maximum atomic E-state index is 5.41. The normalized spacial score (nSPS) is 11.9. The summed E-state index contributed by atoms with van der Waals surface area (Å²) in [4.78, 5) is 6.73. The van der Waals surface area contributed by atoms with Gasteiger partial charge in [0.05, 0.1) is 24.1 Å². The maximum Gasteiger partial charge on any atom is 0.0792 e. The summed E-state index contributed by atoms with van der Waals surface area (Å²) in [5, 5.41) is 3.44. The molecule has 1 unspecified atom stereocenters. The molecule has 3 nitrogen and oxygen atoms in total. The molecule has 0 aromatic carbocycles. The predicted octanol–water partition coefficient (Wildman–Crippen LogP) is 2.99. The number of nitrogens with zero attached hydrogens (tertiary/aromatic N) is 2. The lowest BCUT2D eigenvalue weighted by Gasteiger charge is -2.22. The van der Waals surface area contributed by atoms with Crippen LogP contribution in [-0.2, 0) is 0 Å². The van der Waals surface area contributed by atoms with Gasteiger partial charge in [-0.3, -0.25) is 4.98 Å². The van der Waals surface area contributed by atoms with Crippen LogP contribution >= 0.6 is 0 Å². The Labute approximate surface area is 117 Å². The second kappa shape index (κ2) is 8.55. The zero-order chi connectivity index (χ0) is 14.1. The van der Waals surface area contributed by atoms with Crippen LogP contribution in [0.5, 0.6) is 0 Å². The van der Waals surface area contributed by atoms with Crippen molar-refractivity contribution in [1.29, 1.82) is 0 Å². The average Bonchev–Trinajstić information content (AvgIpc) is 2.44. The van der Waals surface area contributed by atoms with Crippen molar-refractivity contribution >= 4 is 5.69 Å². The summed E-state index contributed by atoms with van der Waals surface area (Å²) in [7, 11) is 0. The predicted molar refractivity (Wildman–Crippen MR) is 82.3 cm³/mol. The molecular formula is C16H25N3. The Morgan fingerprint density at radius 2 is 2.16 bits per heavy atom. The van der Waals surface area contributed by atoms with E-state index in [4.69, 9.17) is 6.42 Å².